The molecule has 0 heterocycles. The highest BCUT2D eigenvalue weighted by molar-refractivity contribution is 6.03. The Morgan fingerprint density at radius 2 is 0.570 bits per heavy atom. The van der Waals surface area contributed by atoms with Crippen molar-refractivity contribution in [3.05, 3.63) is 312 Å². The van der Waals surface area contributed by atoms with E-state index < -0.39 is 0 Å². The summed E-state index contributed by atoms with van der Waals surface area (Å²) in [6, 6.07) is 104. The first-order chi connectivity index (χ1) is 42.0. The molecule has 0 fully saturated rings. The maximum Gasteiger partial charge on any atom is 0.0540 e. The fourth-order valence-electron chi connectivity index (χ4n) is 15.2. The lowest BCUT2D eigenvalue weighted by molar-refractivity contribution is 0.601. The SMILES string of the molecule is Cc1cc(N(c2ccc(-c3cccc4ccccc34)cc2)c2ccc(-c3cccc4ccccc34)cc2)cc2c1-c1ccc3c(c1C2(C)C)C(C)(C)c1cc(N(c2ccc(-c4cccc5ccccc45)cc2)c2cccc4ccccc24)cc(C)c1-3. The normalized spacial score (nSPS) is 13.4. The third kappa shape index (κ3) is 8.00. The summed E-state index contributed by atoms with van der Waals surface area (Å²) in [6.45, 7) is 14.6. The second-order valence-electron chi connectivity index (χ2n) is 24.9. The van der Waals surface area contributed by atoms with Gasteiger partial charge in [0.2, 0.25) is 0 Å². The Morgan fingerprint density at radius 3 is 0.965 bits per heavy atom. The Bertz CT molecular complexity index is 4920. The van der Waals surface area contributed by atoms with Gasteiger partial charge in [0.1, 0.15) is 0 Å². The molecule has 2 aliphatic rings. The van der Waals surface area contributed by atoms with Crippen molar-refractivity contribution in [2.45, 2.75) is 52.4 Å². The summed E-state index contributed by atoms with van der Waals surface area (Å²) in [5.41, 5.74) is 27.1. The molecule has 86 heavy (non-hydrogen) atoms. The predicted molar refractivity (Wildman–Crippen MR) is 367 cm³/mol. The van der Waals surface area contributed by atoms with Gasteiger partial charge in [0.05, 0.1) is 5.69 Å². The second-order valence-corrected chi connectivity index (χ2v) is 24.9. The molecule has 16 rings (SSSR count). The van der Waals surface area contributed by atoms with Gasteiger partial charge >= 0.3 is 0 Å². The fraction of sp³-hybridized carbons (Fsp3) is 0.0952. The smallest absolute Gasteiger partial charge is 0.0540 e. The van der Waals surface area contributed by atoms with Crippen molar-refractivity contribution in [3.63, 3.8) is 0 Å². The topological polar surface area (TPSA) is 6.48 Å². The van der Waals surface area contributed by atoms with Crippen LogP contribution >= 0.6 is 0 Å². The quantitative estimate of drug-likeness (QED) is 0.142. The van der Waals surface area contributed by atoms with Crippen LogP contribution in [0.4, 0.5) is 34.1 Å². The molecule has 410 valence electrons. The van der Waals surface area contributed by atoms with E-state index in [0.717, 1.165) is 34.1 Å². The van der Waals surface area contributed by atoms with Gasteiger partial charge in [0.25, 0.3) is 0 Å². The third-order valence-electron chi connectivity index (χ3n) is 19.2. The van der Waals surface area contributed by atoms with Gasteiger partial charge in [-0.1, -0.05) is 240 Å². The van der Waals surface area contributed by atoms with Gasteiger partial charge in [-0.2, -0.15) is 0 Å². The van der Waals surface area contributed by atoms with Gasteiger partial charge in [-0.05, 0) is 207 Å². The minimum Gasteiger partial charge on any atom is -0.310 e. The van der Waals surface area contributed by atoms with Crippen LogP contribution in [0.3, 0.4) is 0 Å². The highest BCUT2D eigenvalue weighted by Crippen LogP contribution is 2.62. The number of hydrogen-bond donors (Lipinski definition) is 0. The molecule has 0 saturated heterocycles. The van der Waals surface area contributed by atoms with Crippen molar-refractivity contribution in [3.8, 4) is 55.6 Å². The van der Waals surface area contributed by atoms with Gasteiger partial charge < -0.3 is 9.80 Å². The van der Waals surface area contributed by atoms with E-state index in [9.17, 15) is 0 Å². The maximum atomic E-state index is 2.52. The first kappa shape index (κ1) is 51.4. The van der Waals surface area contributed by atoms with Crippen molar-refractivity contribution in [2.24, 2.45) is 0 Å². The van der Waals surface area contributed by atoms with E-state index in [-0.39, 0.29) is 10.8 Å². The molecular formula is C84H64N2. The van der Waals surface area contributed by atoms with E-state index in [0.29, 0.717) is 0 Å². The summed E-state index contributed by atoms with van der Waals surface area (Å²) in [7, 11) is 0. The van der Waals surface area contributed by atoms with Gasteiger partial charge in [0, 0.05) is 44.7 Å². The Labute approximate surface area is 504 Å². The summed E-state index contributed by atoms with van der Waals surface area (Å²) in [5, 5.41) is 9.96. The lowest BCUT2D eigenvalue weighted by Crippen LogP contribution is -2.24. The van der Waals surface area contributed by atoms with Crippen molar-refractivity contribution < 1.29 is 0 Å². The van der Waals surface area contributed by atoms with Crippen LogP contribution in [0.15, 0.2) is 279 Å². The minimum atomic E-state index is -0.324. The molecule has 0 radical (unpaired) electrons. The zero-order chi connectivity index (χ0) is 58.0. The van der Waals surface area contributed by atoms with E-state index in [2.05, 4.69) is 330 Å². The first-order valence-electron chi connectivity index (χ1n) is 30.3. The Kier molecular flexibility index (Phi) is 11.7. The fourth-order valence-corrected chi connectivity index (χ4v) is 15.2. The van der Waals surface area contributed by atoms with Crippen molar-refractivity contribution in [2.75, 3.05) is 9.80 Å². The molecule has 0 saturated carbocycles. The number of benzene rings is 14. The second kappa shape index (κ2) is 19.7. The molecule has 0 unspecified atom stereocenters. The number of nitrogens with zero attached hydrogens (tertiary/aromatic N) is 2. The van der Waals surface area contributed by atoms with E-state index in [1.807, 2.05) is 0 Å². The Hall–Kier alpha value is -10.3. The molecule has 0 amide bonds. The zero-order valence-corrected chi connectivity index (χ0v) is 49.5. The average molecular weight is 1100 g/mol. The molecule has 2 aliphatic carbocycles. The van der Waals surface area contributed by atoms with Crippen LogP contribution in [0.2, 0.25) is 0 Å². The number of fused-ring (bicyclic) bond motifs is 11. The monoisotopic (exact) mass is 1100 g/mol. The summed E-state index contributed by atoms with van der Waals surface area (Å²) >= 11 is 0. The third-order valence-corrected chi connectivity index (χ3v) is 19.2. The van der Waals surface area contributed by atoms with Crippen LogP contribution in [0.5, 0.6) is 0 Å². The van der Waals surface area contributed by atoms with Gasteiger partial charge in [-0.15, -0.1) is 0 Å². The molecule has 0 atom stereocenters. The van der Waals surface area contributed by atoms with Crippen LogP contribution in [0.1, 0.15) is 61.1 Å². The highest BCUT2D eigenvalue weighted by Gasteiger charge is 2.47. The largest absolute Gasteiger partial charge is 0.310 e. The minimum absolute atomic E-state index is 0.320. The van der Waals surface area contributed by atoms with Crippen LogP contribution in [0.25, 0.3) is 98.7 Å². The summed E-state index contributed by atoms with van der Waals surface area (Å²) in [5.74, 6) is 0. The summed E-state index contributed by atoms with van der Waals surface area (Å²) in [6.07, 6.45) is 0. The van der Waals surface area contributed by atoms with Crippen molar-refractivity contribution >= 4 is 77.2 Å². The molecule has 14 aromatic rings. The molecule has 0 aromatic heterocycles. The number of aryl methyl sites for hydroxylation is 2. The molecule has 14 aromatic carbocycles. The number of hydrogen-bond acceptors (Lipinski definition) is 2. The van der Waals surface area contributed by atoms with E-state index in [1.54, 1.807) is 0 Å². The number of anilines is 6. The molecule has 2 nitrogen and oxygen atoms in total. The summed E-state index contributed by atoms with van der Waals surface area (Å²) < 4.78 is 0. The van der Waals surface area contributed by atoms with Crippen LogP contribution in [0, 0.1) is 13.8 Å². The van der Waals surface area contributed by atoms with Crippen LogP contribution in [-0.2, 0) is 10.8 Å². The molecular weight excluding hydrogens is 1040 g/mol. The Morgan fingerprint density at radius 1 is 0.256 bits per heavy atom. The standard InChI is InChI=1S/C84H64N2/c1-53-49-65(85(62-41-35-59(36-42-62)70-31-15-23-55-19-7-11-27-67(55)70)63-43-37-60(38-44-63)71-32-16-24-56-20-8-12-28-68(56)71)51-76-79(53)74-47-48-75-80-54(2)50-66(52-77(80)84(5,6)82(75)81(74)83(76,3)4)86(78-34-18-26-58-22-10-14-30-73(58)78)64-45-39-61(40-46-64)72-33-17-25-57-21-9-13-29-69(57)72/h7-52H,1-6H3. The lowest BCUT2D eigenvalue weighted by Gasteiger charge is -2.32. The van der Waals surface area contributed by atoms with Crippen LogP contribution < -0.4 is 9.80 Å². The van der Waals surface area contributed by atoms with Crippen molar-refractivity contribution in [1.29, 1.82) is 0 Å². The predicted octanol–water partition coefficient (Wildman–Crippen LogP) is 23.5. The Balaban J connectivity index is 0.807. The van der Waals surface area contributed by atoms with Crippen LogP contribution in [-0.4, -0.2) is 0 Å². The molecule has 2 heteroatoms. The maximum absolute atomic E-state index is 2.52. The summed E-state index contributed by atoms with van der Waals surface area (Å²) in [4.78, 5) is 4.97. The molecule has 0 bridgehead atoms. The van der Waals surface area contributed by atoms with Gasteiger partial charge in [-0.3, -0.25) is 0 Å². The number of rotatable bonds is 9. The molecule has 0 N–H and O–H groups in total. The van der Waals surface area contributed by atoms with E-state index >= 15 is 0 Å². The lowest BCUT2D eigenvalue weighted by atomic mass is 9.72. The van der Waals surface area contributed by atoms with Gasteiger partial charge in [0.15, 0.2) is 0 Å². The van der Waals surface area contributed by atoms with E-state index in [1.165, 1.54) is 132 Å². The highest BCUT2D eigenvalue weighted by atomic mass is 15.1. The van der Waals surface area contributed by atoms with Crippen molar-refractivity contribution in [1.82, 2.24) is 0 Å². The average Bonchev–Trinajstić information content (AvgIpc) is 1.57. The molecule has 0 aliphatic heterocycles. The van der Waals surface area contributed by atoms with E-state index in [4.69, 9.17) is 0 Å². The van der Waals surface area contributed by atoms with Gasteiger partial charge in [-0.25, -0.2) is 0 Å². The zero-order valence-electron chi connectivity index (χ0n) is 49.5. The molecule has 0 spiro atoms. The first-order valence-corrected chi connectivity index (χ1v) is 30.3.